The summed E-state index contributed by atoms with van der Waals surface area (Å²) in [5.74, 6) is 0.626. The van der Waals surface area contributed by atoms with Crippen LogP contribution in [0, 0.1) is 0 Å². The summed E-state index contributed by atoms with van der Waals surface area (Å²) in [7, 11) is 0. The monoisotopic (exact) mass is 313 g/mol. The molecule has 2 aromatic rings. The van der Waals surface area contributed by atoms with Gasteiger partial charge in [0.05, 0.1) is 12.8 Å². The topological polar surface area (TPSA) is 47.4 Å². The SMILES string of the molecule is CCCCN(Cc1ccccc1)C(=O)c1cnn2c1OCCC2. The maximum Gasteiger partial charge on any atom is 0.261 e. The molecule has 0 spiro atoms. The van der Waals surface area contributed by atoms with E-state index in [9.17, 15) is 4.79 Å². The van der Waals surface area contributed by atoms with Crippen molar-refractivity contribution in [3.05, 3.63) is 47.7 Å². The summed E-state index contributed by atoms with van der Waals surface area (Å²) < 4.78 is 7.46. The van der Waals surface area contributed by atoms with Gasteiger partial charge in [-0.2, -0.15) is 5.10 Å². The molecule has 1 aliphatic rings. The molecule has 0 saturated heterocycles. The molecule has 5 nitrogen and oxygen atoms in total. The first-order valence-corrected chi connectivity index (χ1v) is 8.31. The van der Waals surface area contributed by atoms with Crippen LogP contribution in [-0.4, -0.2) is 33.7 Å². The average molecular weight is 313 g/mol. The van der Waals surface area contributed by atoms with Crippen LogP contribution < -0.4 is 4.74 Å². The highest BCUT2D eigenvalue weighted by Gasteiger charge is 2.25. The van der Waals surface area contributed by atoms with Gasteiger partial charge in [0.2, 0.25) is 5.88 Å². The number of aromatic nitrogens is 2. The highest BCUT2D eigenvalue weighted by Crippen LogP contribution is 2.24. The molecule has 1 aliphatic heterocycles. The third-order valence-corrected chi connectivity index (χ3v) is 4.06. The van der Waals surface area contributed by atoms with Crippen molar-refractivity contribution in [1.82, 2.24) is 14.7 Å². The molecule has 0 atom stereocenters. The Hall–Kier alpha value is -2.30. The molecular formula is C18H23N3O2. The van der Waals surface area contributed by atoms with E-state index in [1.807, 2.05) is 23.1 Å². The van der Waals surface area contributed by atoms with Crippen LogP contribution in [0.2, 0.25) is 0 Å². The highest BCUT2D eigenvalue weighted by atomic mass is 16.5. The van der Waals surface area contributed by atoms with Crippen LogP contribution in [-0.2, 0) is 13.1 Å². The number of ether oxygens (including phenoxy) is 1. The molecular weight excluding hydrogens is 290 g/mol. The van der Waals surface area contributed by atoms with Gasteiger partial charge in [-0.25, -0.2) is 4.68 Å². The molecule has 0 radical (unpaired) electrons. The molecule has 0 saturated carbocycles. The lowest BCUT2D eigenvalue weighted by atomic mass is 10.1. The van der Waals surface area contributed by atoms with E-state index in [2.05, 4.69) is 24.2 Å². The maximum atomic E-state index is 13.0. The van der Waals surface area contributed by atoms with Crippen molar-refractivity contribution in [2.45, 2.75) is 39.3 Å². The van der Waals surface area contributed by atoms with Crippen LogP contribution in [0.5, 0.6) is 5.88 Å². The van der Waals surface area contributed by atoms with Crippen molar-refractivity contribution in [2.24, 2.45) is 0 Å². The van der Waals surface area contributed by atoms with E-state index in [-0.39, 0.29) is 5.91 Å². The standard InChI is InChI=1S/C18H23N3O2/c1-2-3-10-20(14-15-8-5-4-6-9-15)17(22)16-13-19-21-11-7-12-23-18(16)21/h4-6,8-9,13H,2-3,7,10-12,14H2,1H3. The lowest BCUT2D eigenvalue weighted by Crippen LogP contribution is -2.32. The number of fused-ring (bicyclic) bond motifs is 1. The second kappa shape index (κ2) is 7.31. The quantitative estimate of drug-likeness (QED) is 0.823. The fourth-order valence-corrected chi connectivity index (χ4v) is 2.79. The Morgan fingerprint density at radius 2 is 2.17 bits per heavy atom. The minimum atomic E-state index is 0.00505. The third-order valence-electron chi connectivity index (χ3n) is 4.06. The molecule has 1 aromatic heterocycles. The molecule has 2 heterocycles. The van der Waals surface area contributed by atoms with Gasteiger partial charge >= 0.3 is 0 Å². The number of rotatable bonds is 6. The second-order valence-electron chi connectivity index (χ2n) is 5.85. The van der Waals surface area contributed by atoms with Crippen LogP contribution in [0.1, 0.15) is 42.1 Å². The predicted octanol–water partition coefficient (Wildman–Crippen LogP) is 3.11. The smallest absolute Gasteiger partial charge is 0.261 e. The van der Waals surface area contributed by atoms with E-state index < -0.39 is 0 Å². The van der Waals surface area contributed by atoms with Crippen LogP contribution in [0.25, 0.3) is 0 Å². The number of carbonyl (C=O) groups is 1. The minimum Gasteiger partial charge on any atom is -0.477 e. The minimum absolute atomic E-state index is 0.00505. The van der Waals surface area contributed by atoms with Crippen molar-refractivity contribution >= 4 is 5.91 Å². The largest absolute Gasteiger partial charge is 0.477 e. The van der Waals surface area contributed by atoms with Gasteiger partial charge in [-0.15, -0.1) is 0 Å². The van der Waals surface area contributed by atoms with Gasteiger partial charge in [-0.05, 0) is 12.0 Å². The summed E-state index contributed by atoms with van der Waals surface area (Å²) in [4.78, 5) is 14.9. The van der Waals surface area contributed by atoms with Crippen LogP contribution in [0.4, 0.5) is 0 Å². The molecule has 0 unspecified atom stereocenters. The zero-order valence-electron chi connectivity index (χ0n) is 13.6. The number of benzene rings is 1. The third kappa shape index (κ3) is 3.55. The first-order valence-electron chi connectivity index (χ1n) is 8.31. The van der Waals surface area contributed by atoms with Crippen LogP contribution >= 0.6 is 0 Å². The van der Waals surface area contributed by atoms with Crippen LogP contribution in [0.15, 0.2) is 36.5 Å². The molecule has 0 fully saturated rings. The van der Waals surface area contributed by atoms with E-state index in [0.717, 1.165) is 37.9 Å². The molecule has 1 amide bonds. The zero-order valence-corrected chi connectivity index (χ0v) is 13.6. The highest BCUT2D eigenvalue weighted by molar-refractivity contribution is 5.96. The van der Waals surface area contributed by atoms with Gasteiger partial charge in [-0.1, -0.05) is 43.7 Å². The molecule has 0 bridgehead atoms. The number of hydrogen-bond acceptors (Lipinski definition) is 3. The Labute approximate surface area is 136 Å². The van der Waals surface area contributed by atoms with Crippen molar-refractivity contribution < 1.29 is 9.53 Å². The molecule has 1 aromatic carbocycles. The van der Waals surface area contributed by atoms with Crippen LogP contribution in [0.3, 0.4) is 0 Å². The zero-order chi connectivity index (χ0) is 16.1. The first-order chi connectivity index (χ1) is 11.3. The maximum absolute atomic E-state index is 13.0. The Bertz CT molecular complexity index is 652. The average Bonchev–Trinajstić information content (AvgIpc) is 3.03. The normalized spacial score (nSPS) is 13.3. The summed E-state index contributed by atoms with van der Waals surface area (Å²) in [6, 6.07) is 10.1. The molecule has 122 valence electrons. The lowest BCUT2D eigenvalue weighted by molar-refractivity contribution is 0.0734. The number of amides is 1. The van der Waals surface area contributed by atoms with Crippen molar-refractivity contribution in [1.29, 1.82) is 0 Å². The summed E-state index contributed by atoms with van der Waals surface area (Å²) in [5, 5.41) is 4.29. The summed E-state index contributed by atoms with van der Waals surface area (Å²) >= 11 is 0. The van der Waals surface area contributed by atoms with E-state index in [0.29, 0.717) is 24.6 Å². The summed E-state index contributed by atoms with van der Waals surface area (Å²) in [6.07, 6.45) is 4.63. The van der Waals surface area contributed by atoms with E-state index in [1.165, 1.54) is 0 Å². The van der Waals surface area contributed by atoms with E-state index >= 15 is 0 Å². The molecule has 0 N–H and O–H groups in total. The molecule has 23 heavy (non-hydrogen) atoms. The molecule has 5 heteroatoms. The van der Waals surface area contributed by atoms with Crippen molar-refractivity contribution in [3.63, 3.8) is 0 Å². The van der Waals surface area contributed by atoms with Gasteiger partial charge in [0.15, 0.2) is 0 Å². The lowest BCUT2D eigenvalue weighted by Gasteiger charge is -2.23. The second-order valence-corrected chi connectivity index (χ2v) is 5.85. The number of aryl methyl sites for hydroxylation is 1. The van der Waals surface area contributed by atoms with Gasteiger partial charge in [0, 0.05) is 26.1 Å². The number of hydrogen-bond donors (Lipinski definition) is 0. The van der Waals surface area contributed by atoms with Gasteiger partial charge in [-0.3, -0.25) is 4.79 Å². The fourth-order valence-electron chi connectivity index (χ4n) is 2.79. The van der Waals surface area contributed by atoms with E-state index in [1.54, 1.807) is 10.9 Å². The van der Waals surface area contributed by atoms with Gasteiger partial charge in [0.1, 0.15) is 5.56 Å². The number of unbranched alkanes of at least 4 members (excludes halogenated alkanes) is 1. The van der Waals surface area contributed by atoms with Gasteiger partial charge in [0.25, 0.3) is 5.91 Å². The fraction of sp³-hybridized carbons (Fsp3) is 0.444. The number of carbonyl (C=O) groups excluding carboxylic acids is 1. The van der Waals surface area contributed by atoms with Gasteiger partial charge < -0.3 is 9.64 Å². The van der Waals surface area contributed by atoms with Crippen molar-refractivity contribution in [2.75, 3.05) is 13.2 Å². The Balaban J connectivity index is 1.81. The Morgan fingerprint density at radius 3 is 2.96 bits per heavy atom. The van der Waals surface area contributed by atoms with Crippen molar-refractivity contribution in [3.8, 4) is 5.88 Å². The van der Waals surface area contributed by atoms with E-state index in [4.69, 9.17) is 4.74 Å². The Morgan fingerprint density at radius 1 is 1.35 bits per heavy atom. The summed E-state index contributed by atoms with van der Waals surface area (Å²) in [5.41, 5.74) is 1.72. The summed E-state index contributed by atoms with van der Waals surface area (Å²) in [6.45, 7) is 4.96. The Kier molecular flexibility index (Phi) is 4.95. The predicted molar refractivity (Wildman–Crippen MR) is 88.4 cm³/mol. The molecule has 3 rings (SSSR count). The number of nitrogens with zero attached hydrogens (tertiary/aromatic N) is 3. The first kappa shape index (κ1) is 15.6. The molecule has 0 aliphatic carbocycles.